The van der Waals surface area contributed by atoms with E-state index in [1.165, 1.54) is 29.5 Å². The fourth-order valence-electron chi connectivity index (χ4n) is 0.317. The van der Waals surface area contributed by atoms with Gasteiger partial charge in [0.2, 0.25) is 0 Å². The van der Waals surface area contributed by atoms with Crippen molar-refractivity contribution in [2.45, 2.75) is 34.6 Å². The van der Waals surface area contributed by atoms with Crippen LogP contribution in [0.1, 0.15) is 34.6 Å². The van der Waals surface area contributed by atoms with Crippen molar-refractivity contribution in [3.05, 3.63) is 12.8 Å². The van der Waals surface area contributed by atoms with E-state index >= 15 is 0 Å². The Morgan fingerprint density at radius 2 is 2.00 bits per heavy atom. The van der Waals surface area contributed by atoms with Gasteiger partial charge in [-0.3, -0.25) is 0 Å². The summed E-state index contributed by atoms with van der Waals surface area (Å²) in [6.07, 6.45) is 2.37. The number of hydrogen-bond acceptors (Lipinski definition) is 1. The van der Waals surface area contributed by atoms with Crippen molar-refractivity contribution < 1.29 is 19.4 Å². The Balaban J connectivity index is -0.000000249. The van der Waals surface area contributed by atoms with Gasteiger partial charge >= 0.3 is 71.9 Å². The monoisotopic (exact) mass is 356 g/mol. The maximum absolute atomic E-state index is 5.09. The molecule has 0 atom stereocenters. The molecule has 0 saturated heterocycles. The molecule has 0 aromatic heterocycles. The fourth-order valence-corrected chi connectivity index (χ4v) is 0.741. The fraction of sp³-hybridized carbons (Fsp3) is 0.556. The van der Waals surface area contributed by atoms with Crippen molar-refractivity contribution in [3.8, 4) is 0 Å². The van der Waals surface area contributed by atoms with Crippen molar-refractivity contribution in [1.82, 2.24) is 5.32 Å². The van der Waals surface area contributed by atoms with Gasteiger partial charge in [-0.25, -0.2) is 0 Å². The van der Waals surface area contributed by atoms with Gasteiger partial charge in [0.15, 0.2) is 0 Å². The van der Waals surface area contributed by atoms with Crippen LogP contribution in [0.3, 0.4) is 0 Å². The Kier molecular flexibility index (Phi) is 20.7. The average Bonchev–Trinajstić information content (AvgIpc) is 2.07. The number of rotatable bonds is 3. The molecule has 3 heteroatoms. The van der Waals surface area contributed by atoms with Crippen molar-refractivity contribution in [1.29, 1.82) is 0 Å². The predicted molar refractivity (Wildman–Crippen MR) is 58.0 cm³/mol. The van der Waals surface area contributed by atoms with Gasteiger partial charge in [-0.05, 0) is 0 Å². The molecule has 0 amide bonds. The molecule has 0 aromatic carbocycles. The molecule has 0 heterocycles. The first kappa shape index (κ1) is 18.1. The Morgan fingerprint density at radius 3 is 2.25 bits per heavy atom. The van der Waals surface area contributed by atoms with Crippen LogP contribution in [0.25, 0.3) is 0 Å². The zero-order valence-corrected chi connectivity index (χ0v) is 10.9. The van der Waals surface area contributed by atoms with Gasteiger partial charge in [0, 0.05) is 0 Å². The zero-order valence-electron chi connectivity index (χ0n) is 7.18. The molecule has 0 aliphatic rings. The third-order valence-corrected chi connectivity index (χ3v) is 3.44. The van der Waals surface area contributed by atoms with Gasteiger partial charge in [-0.1, -0.05) is 21.3 Å². The predicted octanol–water partition coefficient (Wildman–Crippen LogP) is 2.64. The van der Waals surface area contributed by atoms with Crippen molar-refractivity contribution in [2.75, 3.05) is 0 Å². The van der Waals surface area contributed by atoms with E-state index < -0.39 is 0 Å². The van der Waals surface area contributed by atoms with Gasteiger partial charge in [0.05, 0.1) is 0 Å². The summed E-state index contributed by atoms with van der Waals surface area (Å²) in [4.78, 5) is 0.773. The molecule has 0 aliphatic heterocycles. The second-order valence-corrected chi connectivity index (χ2v) is 3.60. The number of hydrogen-bond donors (Lipinski definition) is 1. The summed E-state index contributed by atoms with van der Waals surface area (Å²) in [5.41, 5.74) is 0. The van der Waals surface area contributed by atoms with E-state index in [1.807, 2.05) is 13.8 Å². The van der Waals surface area contributed by atoms with E-state index in [9.17, 15) is 0 Å². The Bertz CT molecular complexity index is 143. The molecule has 0 unspecified atom stereocenters. The van der Waals surface area contributed by atoms with Gasteiger partial charge < -0.3 is 0 Å². The third kappa shape index (κ3) is 10.2. The van der Waals surface area contributed by atoms with Gasteiger partial charge in [-0.15, -0.1) is 0 Å². The molecule has 0 fully saturated rings. The summed E-state index contributed by atoms with van der Waals surface area (Å²) < 4.78 is 1.24. The molecular formula is C9H18NSW-. The zero-order chi connectivity index (χ0) is 9.28. The Morgan fingerprint density at radius 1 is 1.58 bits per heavy atom. The molecule has 12 heavy (non-hydrogen) atoms. The van der Waals surface area contributed by atoms with Gasteiger partial charge in [0.1, 0.15) is 0 Å². The molecule has 1 N–H and O–H groups in total. The van der Waals surface area contributed by atoms with E-state index in [0.29, 0.717) is 0 Å². The first-order valence-electron chi connectivity index (χ1n) is 3.59. The van der Waals surface area contributed by atoms with Crippen LogP contribution in [0, 0.1) is 6.58 Å². The standard InChI is InChI=1S/C6H8NS.C2H6.CH4.W/c1-3-5-6(8)7-4-2;1-2;;/h2,4H,3H2,1H3,(H,7,8);1-2H3;1H4;/q-1;;;. The van der Waals surface area contributed by atoms with Crippen LogP contribution < -0.4 is 5.32 Å². The summed E-state index contributed by atoms with van der Waals surface area (Å²) in [7, 11) is 0. The van der Waals surface area contributed by atoms with Crippen LogP contribution in [-0.4, -0.2) is 8.89 Å². The van der Waals surface area contributed by atoms with Crippen molar-refractivity contribution in [3.63, 3.8) is 0 Å². The summed E-state index contributed by atoms with van der Waals surface area (Å²) in [6, 6.07) is 0. The normalized spacial score (nSPS) is 6.58. The molecular weight excluding hydrogens is 338 g/mol. The first-order valence-corrected chi connectivity index (χ1v) is 5.47. The van der Waals surface area contributed by atoms with Gasteiger partial charge in [-0.2, -0.15) is 0 Å². The van der Waals surface area contributed by atoms with E-state index in [2.05, 4.69) is 12.2 Å². The molecule has 0 spiro atoms. The third-order valence-electron chi connectivity index (χ3n) is 0.789. The SMILES string of the molecule is C.CC.[CH-]=CNC(=S)[C](=[W])CC. The summed E-state index contributed by atoms with van der Waals surface area (Å²) >= 11 is 6.35. The molecule has 0 radical (unpaired) electrons. The number of nitrogens with one attached hydrogen (secondary N) is 1. The van der Waals surface area contributed by atoms with E-state index in [0.717, 1.165) is 11.4 Å². The van der Waals surface area contributed by atoms with Crippen LogP contribution in [0.2, 0.25) is 0 Å². The van der Waals surface area contributed by atoms with Crippen LogP contribution in [0.5, 0.6) is 0 Å². The first-order chi connectivity index (χ1) is 5.22. The molecule has 0 aromatic rings. The minimum absolute atomic E-state index is 0. The molecule has 1 nitrogen and oxygen atoms in total. The van der Waals surface area contributed by atoms with E-state index in [1.54, 1.807) is 0 Å². The molecule has 0 rings (SSSR count). The topological polar surface area (TPSA) is 12.0 Å². The van der Waals surface area contributed by atoms with Crippen LogP contribution in [0.15, 0.2) is 6.20 Å². The van der Waals surface area contributed by atoms with E-state index in [4.69, 9.17) is 18.8 Å². The summed E-state index contributed by atoms with van der Waals surface area (Å²) in [6.45, 7) is 11.2. The maximum atomic E-state index is 5.09. The molecule has 0 saturated carbocycles. The van der Waals surface area contributed by atoms with E-state index in [-0.39, 0.29) is 7.43 Å². The molecule has 0 bridgehead atoms. The van der Waals surface area contributed by atoms with Crippen LogP contribution >= 0.6 is 12.2 Å². The summed E-state index contributed by atoms with van der Waals surface area (Å²) in [5.74, 6) is 0. The van der Waals surface area contributed by atoms with Crippen molar-refractivity contribution >= 4 is 21.1 Å². The van der Waals surface area contributed by atoms with Gasteiger partial charge in [0.25, 0.3) is 0 Å². The summed E-state index contributed by atoms with van der Waals surface area (Å²) in [5, 5.41) is 2.76. The quantitative estimate of drug-likeness (QED) is 0.617. The average molecular weight is 356 g/mol. The Labute approximate surface area is 93.0 Å². The second-order valence-electron chi connectivity index (χ2n) is 1.42. The van der Waals surface area contributed by atoms with Crippen LogP contribution in [0.4, 0.5) is 0 Å². The van der Waals surface area contributed by atoms with Crippen molar-refractivity contribution in [2.24, 2.45) is 0 Å². The Hall–Kier alpha value is 0.188. The number of thiocarbonyl (C=S) groups is 1. The molecule has 0 aliphatic carbocycles. The molecule has 72 valence electrons. The second kappa shape index (κ2) is 13.8. The minimum atomic E-state index is 0. The van der Waals surface area contributed by atoms with Crippen LogP contribution in [-0.2, 0) is 19.4 Å².